The number of ether oxygens (including phenoxy) is 1. The molecule has 2 atom stereocenters. The van der Waals surface area contributed by atoms with Crippen LogP contribution in [0.15, 0.2) is 48.9 Å². The third-order valence-electron chi connectivity index (χ3n) is 5.91. The summed E-state index contributed by atoms with van der Waals surface area (Å²) < 4.78 is 7.12. The maximum absolute atomic E-state index is 13.3. The van der Waals surface area contributed by atoms with Gasteiger partial charge in [0.25, 0.3) is 11.8 Å². The van der Waals surface area contributed by atoms with E-state index in [0.717, 1.165) is 16.6 Å². The number of aryl methyl sites for hydroxylation is 1. The summed E-state index contributed by atoms with van der Waals surface area (Å²) in [6.45, 7) is 3.44. The Balaban J connectivity index is 1.35. The molecule has 0 aliphatic carbocycles. The molecule has 0 bridgehead atoms. The summed E-state index contributed by atoms with van der Waals surface area (Å²) in [5.41, 5.74) is 0.569. The van der Waals surface area contributed by atoms with Crippen LogP contribution in [0.5, 0.6) is 0 Å². The van der Waals surface area contributed by atoms with Gasteiger partial charge in [0.15, 0.2) is 17.5 Å². The number of amides is 2. The number of morpholine rings is 1. The topological polar surface area (TPSA) is 138 Å². The summed E-state index contributed by atoms with van der Waals surface area (Å²) in [6, 6.07) is 8.54. The van der Waals surface area contributed by atoms with E-state index in [-0.39, 0.29) is 13.2 Å². The van der Waals surface area contributed by atoms with Gasteiger partial charge in [0.05, 0.1) is 36.3 Å². The molecule has 3 N–H and O–H groups in total. The number of anilines is 2. The van der Waals surface area contributed by atoms with Gasteiger partial charge in [-0.2, -0.15) is 10.2 Å². The average molecular weight is 496 g/mol. The van der Waals surface area contributed by atoms with Crippen LogP contribution in [0.25, 0.3) is 16.6 Å². The minimum absolute atomic E-state index is 0.119. The molecule has 3 aromatic heterocycles. The Bertz CT molecular complexity index is 1420. The van der Waals surface area contributed by atoms with Gasteiger partial charge in [-0.1, -0.05) is 11.6 Å². The Labute approximate surface area is 204 Å². The quantitative estimate of drug-likeness (QED) is 0.386. The van der Waals surface area contributed by atoms with Crippen molar-refractivity contribution in [1.82, 2.24) is 25.0 Å². The second-order valence-corrected chi connectivity index (χ2v) is 8.76. The molecule has 11 nitrogen and oxygen atoms in total. The first-order valence-corrected chi connectivity index (χ1v) is 11.2. The Morgan fingerprint density at radius 1 is 1.31 bits per heavy atom. The zero-order chi connectivity index (χ0) is 24.7. The van der Waals surface area contributed by atoms with E-state index in [2.05, 4.69) is 25.6 Å². The Hall–Kier alpha value is -3.80. The van der Waals surface area contributed by atoms with Crippen molar-refractivity contribution in [3.63, 3.8) is 0 Å². The van der Waals surface area contributed by atoms with Gasteiger partial charge in [-0.15, -0.1) is 5.10 Å². The first kappa shape index (κ1) is 23.0. The van der Waals surface area contributed by atoms with Crippen molar-refractivity contribution in [3.05, 3.63) is 59.6 Å². The van der Waals surface area contributed by atoms with Crippen LogP contribution in [-0.2, 0) is 14.3 Å². The SMILES string of the molecule is Cc1[nH]c2ccc(NC(=O)[C@](C)(O)[C@H]3OCCN(c4ccn(-c5ccnnc5)n4)C3=O)cc2c1Cl. The highest BCUT2D eigenvalue weighted by Gasteiger charge is 2.48. The number of aromatic nitrogens is 5. The number of carbonyl (C=O) groups is 2. The predicted molar refractivity (Wildman–Crippen MR) is 129 cm³/mol. The summed E-state index contributed by atoms with van der Waals surface area (Å²) in [5.74, 6) is -0.998. The van der Waals surface area contributed by atoms with E-state index in [4.69, 9.17) is 16.3 Å². The van der Waals surface area contributed by atoms with Crippen LogP contribution >= 0.6 is 11.6 Å². The van der Waals surface area contributed by atoms with E-state index < -0.39 is 23.5 Å². The lowest BCUT2D eigenvalue weighted by molar-refractivity contribution is -0.165. The van der Waals surface area contributed by atoms with Crippen molar-refractivity contribution >= 4 is 45.8 Å². The van der Waals surface area contributed by atoms with Gasteiger partial charge in [0.2, 0.25) is 0 Å². The van der Waals surface area contributed by atoms with Crippen LogP contribution in [0.4, 0.5) is 11.5 Å². The van der Waals surface area contributed by atoms with Crippen LogP contribution in [0.3, 0.4) is 0 Å². The van der Waals surface area contributed by atoms with Crippen molar-refractivity contribution in [3.8, 4) is 5.69 Å². The number of hydrogen-bond acceptors (Lipinski definition) is 7. The second-order valence-electron chi connectivity index (χ2n) is 8.39. The van der Waals surface area contributed by atoms with Crippen molar-refractivity contribution in [1.29, 1.82) is 0 Å². The van der Waals surface area contributed by atoms with Gasteiger partial charge < -0.3 is 20.1 Å². The molecular weight excluding hydrogens is 474 g/mol. The number of benzene rings is 1. The molecule has 0 saturated carbocycles. The Kier molecular flexibility index (Phi) is 5.75. The lowest BCUT2D eigenvalue weighted by Crippen LogP contribution is -2.61. The first-order chi connectivity index (χ1) is 16.8. The van der Waals surface area contributed by atoms with Crippen molar-refractivity contribution in [2.24, 2.45) is 0 Å². The van der Waals surface area contributed by atoms with Crippen LogP contribution in [-0.4, -0.2) is 66.7 Å². The van der Waals surface area contributed by atoms with E-state index >= 15 is 0 Å². The van der Waals surface area contributed by atoms with E-state index in [0.29, 0.717) is 22.2 Å². The van der Waals surface area contributed by atoms with Crippen molar-refractivity contribution in [2.45, 2.75) is 25.6 Å². The average Bonchev–Trinajstić information content (AvgIpc) is 3.45. The molecular formula is C23H22ClN7O4. The molecule has 0 unspecified atom stereocenters. The summed E-state index contributed by atoms with van der Waals surface area (Å²) in [4.78, 5) is 30.9. The number of carbonyl (C=O) groups excluding carboxylic acids is 2. The molecule has 1 saturated heterocycles. The molecule has 180 valence electrons. The lowest BCUT2D eigenvalue weighted by Gasteiger charge is -2.37. The smallest absolute Gasteiger partial charge is 0.260 e. The van der Waals surface area contributed by atoms with Crippen LogP contribution in [0.2, 0.25) is 5.02 Å². The highest BCUT2D eigenvalue weighted by Crippen LogP contribution is 2.30. The second kappa shape index (κ2) is 8.77. The summed E-state index contributed by atoms with van der Waals surface area (Å²) in [7, 11) is 0. The van der Waals surface area contributed by atoms with Crippen molar-refractivity contribution < 1.29 is 19.4 Å². The number of aliphatic hydroxyl groups is 1. The van der Waals surface area contributed by atoms with Gasteiger partial charge in [0.1, 0.15) is 0 Å². The van der Waals surface area contributed by atoms with Crippen molar-refractivity contribution in [2.75, 3.05) is 23.4 Å². The molecule has 12 heteroatoms. The fourth-order valence-electron chi connectivity index (χ4n) is 3.98. The number of aromatic amines is 1. The zero-order valence-electron chi connectivity index (χ0n) is 18.9. The van der Waals surface area contributed by atoms with Gasteiger partial charge in [-0.3, -0.25) is 14.5 Å². The Morgan fingerprint density at radius 2 is 2.14 bits per heavy atom. The zero-order valence-corrected chi connectivity index (χ0v) is 19.7. The molecule has 4 aromatic rings. The molecule has 2 amide bonds. The molecule has 1 aliphatic rings. The maximum atomic E-state index is 13.3. The fourth-order valence-corrected chi connectivity index (χ4v) is 4.19. The van der Waals surface area contributed by atoms with E-state index in [1.165, 1.54) is 24.2 Å². The van der Waals surface area contributed by atoms with Gasteiger partial charge in [-0.25, -0.2) is 4.68 Å². The maximum Gasteiger partial charge on any atom is 0.260 e. The van der Waals surface area contributed by atoms with Crippen LogP contribution in [0, 0.1) is 6.92 Å². The highest BCUT2D eigenvalue weighted by atomic mass is 35.5. The number of nitrogens with one attached hydrogen (secondary N) is 2. The molecule has 5 rings (SSSR count). The first-order valence-electron chi connectivity index (χ1n) is 10.8. The normalized spacial score (nSPS) is 18.0. The van der Waals surface area contributed by atoms with Crippen LogP contribution in [0.1, 0.15) is 12.6 Å². The number of fused-ring (bicyclic) bond motifs is 1. The molecule has 0 spiro atoms. The number of halogens is 1. The number of H-pyrrole nitrogens is 1. The van der Waals surface area contributed by atoms with Gasteiger partial charge >= 0.3 is 0 Å². The van der Waals surface area contributed by atoms with E-state index in [9.17, 15) is 14.7 Å². The largest absolute Gasteiger partial charge is 0.377 e. The van der Waals surface area contributed by atoms with Gasteiger partial charge in [0, 0.05) is 34.5 Å². The Morgan fingerprint density at radius 3 is 2.91 bits per heavy atom. The monoisotopic (exact) mass is 495 g/mol. The third kappa shape index (κ3) is 4.14. The standard InChI is InChI=1S/C23H22ClN7O4/c1-13-19(24)16-11-14(3-4-17(16)27-13)28-22(33)23(2,34)20-21(32)30(9-10-35-20)18-6-8-31(29-18)15-5-7-25-26-12-15/h3-8,11-12,20,27,34H,9-10H2,1-2H3,(H,28,33)/t20-,23+/m0/s1. The van der Waals surface area contributed by atoms with Gasteiger partial charge in [-0.05, 0) is 38.1 Å². The van der Waals surface area contributed by atoms with Crippen LogP contribution < -0.4 is 10.2 Å². The molecule has 35 heavy (non-hydrogen) atoms. The number of nitrogens with zero attached hydrogens (tertiary/aromatic N) is 5. The van der Waals surface area contributed by atoms with E-state index in [1.807, 2.05) is 6.92 Å². The fraction of sp³-hybridized carbons (Fsp3) is 0.261. The molecule has 1 aromatic carbocycles. The lowest BCUT2D eigenvalue weighted by atomic mass is 9.95. The predicted octanol–water partition coefficient (Wildman–Crippen LogP) is 2.23. The summed E-state index contributed by atoms with van der Waals surface area (Å²) >= 11 is 6.32. The summed E-state index contributed by atoms with van der Waals surface area (Å²) in [5, 5.41) is 27.0. The molecule has 1 fully saturated rings. The third-order valence-corrected chi connectivity index (χ3v) is 6.40. The molecule has 4 heterocycles. The molecule has 1 aliphatic heterocycles. The summed E-state index contributed by atoms with van der Waals surface area (Å²) in [6.07, 6.45) is 3.32. The molecule has 0 radical (unpaired) electrons. The highest BCUT2D eigenvalue weighted by molar-refractivity contribution is 6.36. The van der Waals surface area contributed by atoms with E-state index in [1.54, 1.807) is 41.2 Å². The minimum Gasteiger partial charge on any atom is -0.377 e. The number of rotatable bonds is 5. The minimum atomic E-state index is -2.15. The number of hydrogen-bond donors (Lipinski definition) is 3.